The molecule has 1 heterocycles. The summed E-state index contributed by atoms with van der Waals surface area (Å²) < 4.78 is 21.7. The van der Waals surface area contributed by atoms with E-state index in [1.54, 1.807) is 0 Å². The topological polar surface area (TPSA) is 50.4 Å². The zero-order valence-electron chi connectivity index (χ0n) is 15.6. The third kappa shape index (κ3) is 5.88. The number of rotatable bonds is 6. The number of thiol groups is 1. The highest BCUT2D eigenvalue weighted by molar-refractivity contribution is 7.99. The van der Waals surface area contributed by atoms with Crippen LogP contribution < -0.4 is 10.0 Å². The molecule has 1 saturated heterocycles. The van der Waals surface area contributed by atoms with Gasteiger partial charge in [-0.05, 0) is 56.6 Å². The van der Waals surface area contributed by atoms with Crippen LogP contribution in [0, 0.1) is 0 Å². The van der Waals surface area contributed by atoms with Gasteiger partial charge >= 0.3 is 0 Å². The van der Waals surface area contributed by atoms with Gasteiger partial charge in [0.1, 0.15) is 0 Å². The molecule has 2 atom stereocenters. The number of piperidine rings is 1. The molecular formula is C20H34N2O2S. The van der Waals surface area contributed by atoms with E-state index >= 15 is 0 Å². The van der Waals surface area contributed by atoms with Gasteiger partial charge in [0.25, 0.3) is 0 Å². The van der Waals surface area contributed by atoms with Gasteiger partial charge in [-0.15, -0.1) is 0 Å². The van der Waals surface area contributed by atoms with E-state index in [9.17, 15) is 4.21 Å². The maximum absolute atomic E-state index is 12.1. The van der Waals surface area contributed by atoms with Crippen molar-refractivity contribution in [2.24, 2.45) is 0 Å². The molecule has 2 aliphatic rings. The highest BCUT2D eigenvalue weighted by Gasteiger charge is 2.29. The van der Waals surface area contributed by atoms with Crippen molar-refractivity contribution < 1.29 is 8.95 Å². The van der Waals surface area contributed by atoms with Crippen LogP contribution in [0.5, 0.6) is 0 Å². The first-order chi connectivity index (χ1) is 12.0. The van der Waals surface area contributed by atoms with E-state index in [0.717, 1.165) is 38.8 Å². The van der Waals surface area contributed by atoms with E-state index in [1.165, 1.54) is 18.4 Å². The van der Waals surface area contributed by atoms with Gasteiger partial charge in [-0.2, -0.15) is 0 Å². The van der Waals surface area contributed by atoms with Crippen molar-refractivity contribution in [2.75, 3.05) is 25.7 Å². The average molecular weight is 367 g/mol. The zero-order chi connectivity index (χ0) is 17.7. The number of hydrogen-bond donors (Lipinski definition) is 3. The Bertz CT molecular complexity index is 566. The molecule has 1 saturated carbocycles. The largest absolute Gasteiger partial charge is 0.377 e. The lowest BCUT2D eigenvalue weighted by Crippen LogP contribution is -2.56. The first kappa shape index (κ1) is 19.0. The summed E-state index contributed by atoms with van der Waals surface area (Å²) in [6.07, 6.45) is 10.9. The van der Waals surface area contributed by atoms with Crippen molar-refractivity contribution in [3.8, 4) is 0 Å². The molecule has 0 bridgehead atoms. The lowest BCUT2D eigenvalue weighted by atomic mass is 9.83. The smallest absolute Gasteiger partial charge is 0.0638 e. The maximum atomic E-state index is 12.1. The lowest BCUT2D eigenvalue weighted by molar-refractivity contribution is 0.00527. The summed E-state index contributed by atoms with van der Waals surface area (Å²) in [5, 5.41) is 3.56. The first-order valence-corrected chi connectivity index (χ1v) is 12.3. The maximum Gasteiger partial charge on any atom is 0.0638 e. The molecule has 2 N–H and O–H groups in total. The fourth-order valence-electron chi connectivity index (χ4n) is 4.21. The molecule has 0 unspecified atom stereocenters. The third-order valence-electron chi connectivity index (χ3n) is 5.52. The van der Waals surface area contributed by atoms with Crippen molar-refractivity contribution in [2.45, 2.75) is 62.6 Å². The predicted molar refractivity (Wildman–Crippen MR) is 107 cm³/mol. The summed E-state index contributed by atoms with van der Waals surface area (Å²) in [6.45, 7) is 1.75. The summed E-state index contributed by atoms with van der Waals surface area (Å²) in [7, 11) is -2.22. The van der Waals surface area contributed by atoms with Crippen LogP contribution >= 0.6 is 0 Å². The molecule has 1 aliphatic carbocycles. The molecule has 25 heavy (non-hydrogen) atoms. The third-order valence-corrected chi connectivity index (χ3v) is 6.47. The van der Waals surface area contributed by atoms with Crippen LogP contribution in [0.4, 0.5) is 0 Å². The second-order valence-electron chi connectivity index (χ2n) is 8.01. The van der Waals surface area contributed by atoms with Crippen LogP contribution in [0.1, 0.15) is 50.0 Å². The van der Waals surface area contributed by atoms with Crippen LogP contribution in [0.2, 0.25) is 0 Å². The number of hydrogen-bond acceptors (Lipinski definition) is 3. The minimum atomic E-state index is -2.22. The van der Waals surface area contributed by atoms with Crippen molar-refractivity contribution >= 4 is 10.1 Å². The van der Waals surface area contributed by atoms with Crippen LogP contribution in [0.15, 0.2) is 30.3 Å². The molecule has 142 valence electrons. The van der Waals surface area contributed by atoms with E-state index < -0.39 is 10.1 Å². The Labute approximate surface area is 153 Å². The molecule has 1 aliphatic heterocycles. The lowest BCUT2D eigenvalue weighted by Gasteiger charge is -2.37. The fourth-order valence-corrected chi connectivity index (χ4v) is 5.32. The Balaban J connectivity index is 1.45. The van der Waals surface area contributed by atoms with Gasteiger partial charge in [0, 0.05) is 24.6 Å². The Morgan fingerprint density at radius 1 is 1.12 bits per heavy atom. The van der Waals surface area contributed by atoms with Gasteiger partial charge in [-0.25, -0.2) is 0 Å². The van der Waals surface area contributed by atoms with Gasteiger partial charge < -0.3 is 10.1 Å². The Kier molecular flexibility index (Phi) is 6.67. The second-order valence-corrected chi connectivity index (χ2v) is 11.0. The van der Waals surface area contributed by atoms with Gasteiger partial charge in [-0.1, -0.05) is 40.5 Å². The predicted octanol–water partition coefficient (Wildman–Crippen LogP) is 2.63. The van der Waals surface area contributed by atoms with Crippen molar-refractivity contribution in [1.29, 1.82) is 0 Å². The van der Waals surface area contributed by atoms with Crippen molar-refractivity contribution in [3.63, 3.8) is 0 Å². The highest BCUT2D eigenvalue weighted by atomic mass is 32.3. The molecule has 0 aromatic heterocycles. The quantitative estimate of drug-likeness (QED) is 0.679. The molecule has 1 aromatic carbocycles. The summed E-state index contributed by atoms with van der Waals surface area (Å²) in [6, 6.07) is 11.4. The molecule has 0 amide bonds. The van der Waals surface area contributed by atoms with E-state index in [1.807, 2.05) is 12.5 Å². The fraction of sp³-hybridized carbons (Fsp3) is 0.700. The van der Waals surface area contributed by atoms with E-state index in [-0.39, 0.29) is 12.1 Å². The molecule has 0 radical (unpaired) electrons. The normalized spacial score (nSPS) is 31.6. The summed E-state index contributed by atoms with van der Waals surface area (Å²) in [5.41, 5.74) is 1.47. The van der Waals surface area contributed by atoms with Gasteiger partial charge in [0.15, 0.2) is 0 Å². The number of benzene rings is 1. The average Bonchev–Trinajstić information content (AvgIpc) is 2.61. The highest BCUT2D eigenvalue weighted by Crippen LogP contribution is 2.34. The summed E-state index contributed by atoms with van der Waals surface area (Å²) >= 11 is 0. The van der Waals surface area contributed by atoms with Crippen LogP contribution in [0.25, 0.3) is 0 Å². The summed E-state index contributed by atoms with van der Waals surface area (Å²) in [4.78, 5) is 0. The molecule has 2 fully saturated rings. The molecule has 0 spiro atoms. The van der Waals surface area contributed by atoms with Crippen molar-refractivity contribution in [3.05, 3.63) is 35.9 Å². The molecular weight excluding hydrogens is 332 g/mol. The van der Waals surface area contributed by atoms with Crippen LogP contribution in [0.3, 0.4) is 0 Å². The summed E-state index contributed by atoms with van der Waals surface area (Å²) in [5.74, 6) is 0.689. The van der Waals surface area contributed by atoms with Gasteiger partial charge in [0.2, 0.25) is 0 Å². The van der Waals surface area contributed by atoms with Gasteiger partial charge in [0.05, 0.1) is 12.7 Å². The minimum Gasteiger partial charge on any atom is -0.377 e. The van der Waals surface area contributed by atoms with Crippen molar-refractivity contribution in [1.82, 2.24) is 10.0 Å². The van der Waals surface area contributed by atoms with E-state index in [0.29, 0.717) is 12.0 Å². The molecule has 3 rings (SSSR count). The van der Waals surface area contributed by atoms with Crippen LogP contribution in [-0.4, -0.2) is 48.1 Å². The van der Waals surface area contributed by atoms with E-state index in [2.05, 4.69) is 40.4 Å². The Morgan fingerprint density at radius 3 is 2.52 bits per heavy atom. The van der Waals surface area contributed by atoms with Gasteiger partial charge in [-0.3, -0.25) is 8.93 Å². The van der Waals surface area contributed by atoms with E-state index in [4.69, 9.17) is 4.74 Å². The first-order valence-electron chi connectivity index (χ1n) is 9.74. The molecule has 1 aromatic rings. The number of ether oxygens (including phenoxy) is 1. The second kappa shape index (κ2) is 8.76. The number of nitrogens with one attached hydrogen (secondary N) is 2. The molecule has 5 heteroatoms. The standard InChI is InChI=1S/C20H34N2O2S/c1-25(2,23)22-19-9-6-14-21-20(19)15-24-18-12-10-17(11-13-18)16-7-4-3-5-8-16/h3-5,7-8,17-21,25H,6,9-15H2,1-2H3,(H,22,23)/t17-,18+,19-,20-/m0/s1. The Hall–Kier alpha value is -0.750. The zero-order valence-corrected chi connectivity index (χ0v) is 16.5. The Morgan fingerprint density at radius 2 is 1.84 bits per heavy atom. The molecule has 4 nitrogen and oxygen atoms in total. The SMILES string of the molecule is C[SH](C)(=O)N[C@H]1CCCN[C@H]1CO[C@H]1CC[C@@H](c2ccccc2)CC1. The monoisotopic (exact) mass is 366 g/mol. The van der Waals surface area contributed by atoms with Crippen LogP contribution in [-0.2, 0) is 14.9 Å². The minimum absolute atomic E-state index is 0.259.